The second kappa shape index (κ2) is 3.50. The molecule has 12 heavy (non-hydrogen) atoms. The van der Waals surface area contributed by atoms with Crippen molar-refractivity contribution >= 4 is 50.2 Å². The lowest BCUT2D eigenvalue weighted by molar-refractivity contribution is 1.86. The third-order valence-corrected chi connectivity index (χ3v) is 4.95. The van der Waals surface area contributed by atoms with Crippen molar-refractivity contribution in [2.24, 2.45) is 0 Å². The molecule has 0 bridgehead atoms. The Labute approximate surface area is 91.9 Å². The van der Waals surface area contributed by atoms with Gasteiger partial charge in [-0.1, -0.05) is 17.7 Å². The summed E-state index contributed by atoms with van der Waals surface area (Å²) < 4.78 is 1.80. The Morgan fingerprint density at radius 1 is 1.33 bits per heavy atom. The number of rotatable bonds is 1. The lowest BCUT2D eigenvalue weighted by atomic mass is 10.4. The zero-order valence-corrected chi connectivity index (χ0v) is 9.86. The van der Waals surface area contributed by atoms with Crippen LogP contribution in [0.15, 0.2) is 28.1 Å². The molecule has 0 atom stereocenters. The maximum Gasteiger partial charge on any atom is 0.108 e. The van der Waals surface area contributed by atoms with E-state index in [1.54, 1.807) is 22.7 Å². The number of hydrogen-bond donors (Lipinski definition) is 0. The second-order valence-electron chi connectivity index (χ2n) is 2.21. The van der Waals surface area contributed by atoms with Crippen LogP contribution in [0.1, 0.15) is 0 Å². The van der Waals surface area contributed by atoms with E-state index in [1.165, 1.54) is 9.75 Å². The van der Waals surface area contributed by atoms with Crippen molar-refractivity contribution in [2.75, 3.05) is 0 Å². The first-order chi connectivity index (χ1) is 5.77. The first-order valence-electron chi connectivity index (χ1n) is 3.26. The molecule has 0 radical (unpaired) electrons. The van der Waals surface area contributed by atoms with Crippen molar-refractivity contribution in [3.05, 3.63) is 32.4 Å². The van der Waals surface area contributed by atoms with Crippen LogP contribution in [0.4, 0.5) is 0 Å². The van der Waals surface area contributed by atoms with Crippen molar-refractivity contribution in [1.29, 1.82) is 0 Å². The lowest BCUT2D eigenvalue weighted by Gasteiger charge is -1.85. The summed E-state index contributed by atoms with van der Waals surface area (Å²) in [6.07, 6.45) is 0. The molecule has 0 aliphatic rings. The molecule has 0 fully saturated rings. The summed E-state index contributed by atoms with van der Waals surface area (Å²) >= 11 is 12.6. The largest absolute Gasteiger partial charge is 0.143 e. The Kier molecular flexibility index (Phi) is 2.55. The van der Waals surface area contributed by atoms with Crippen molar-refractivity contribution in [3.8, 4) is 9.75 Å². The van der Waals surface area contributed by atoms with E-state index in [0.717, 1.165) is 8.81 Å². The molecular formula is C8H4BrClS2. The van der Waals surface area contributed by atoms with Gasteiger partial charge >= 0.3 is 0 Å². The number of hydrogen-bond acceptors (Lipinski definition) is 2. The fourth-order valence-electron chi connectivity index (χ4n) is 0.887. The minimum atomic E-state index is 0.818. The quantitative estimate of drug-likeness (QED) is 0.697. The van der Waals surface area contributed by atoms with E-state index in [1.807, 2.05) is 6.07 Å². The highest BCUT2D eigenvalue weighted by molar-refractivity contribution is 9.10. The van der Waals surface area contributed by atoms with Gasteiger partial charge in [0.15, 0.2) is 0 Å². The molecule has 0 aromatic carbocycles. The summed E-state index contributed by atoms with van der Waals surface area (Å²) in [7, 11) is 0. The molecule has 0 unspecified atom stereocenters. The average molecular weight is 280 g/mol. The van der Waals surface area contributed by atoms with E-state index in [4.69, 9.17) is 11.6 Å². The molecule has 0 saturated heterocycles. The van der Waals surface area contributed by atoms with Crippen molar-refractivity contribution < 1.29 is 0 Å². The van der Waals surface area contributed by atoms with Crippen molar-refractivity contribution in [3.63, 3.8) is 0 Å². The Morgan fingerprint density at radius 3 is 2.67 bits per heavy atom. The minimum absolute atomic E-state index is 0.818. The summed E-state index contributed by atoms with van der Waals surface area (Å²) in [6.45, 7) is 0. The molecule has 0 aliphatic heterocycles. The average Bonchev–Trinajstić information content (AvgIpc) is 2.61. The van der Waals surface area contributed by atoms with Crippen LogP contribution in [0.3, 0.4) is 0 Å². The van der Waals surface area contributed by atoms with Crippen LogP contribution in [0.25, 0.3) is 9.75 Å². The molecule has 2 aromatic rings. The summed E-state index contributed by atoms with van der Waals surface area (Å²) in [5, 5.41) is 2.07. The normalized spacial score (nSPS) is 10.5. The Hall–Kier alpha value is 0.170. The zero-order chi connectivity index (χ0) is 8.55. The van der Waals surface area contributed by atoms with E-state index in [9.17, 15) is 0 Å². The highest BCUT2D eigenvalue weighted by Crippen LogP contribution is 2.39. The fourth-order valence-corrected chi connectivity index (χ4v) is 3.41. The SMILES string of the molecule is Clc1sc(-c2cccs2)cc1Br. The fraction of sp³-hybridized carbons (Fsp3) is 0. The van der Waals surface area contributed by atoms with Crippen LogP contribution in [0.2, 0.25) is 4.34 Å². The molecule has 0 spiro atoms. The molecule has 62 valence electrons. The highest BCUT2D eigenvalue weighted by Gasteiger charge is 2.06. The summed E-state index contributed by atoms with van der Waals surface area (Å²) in [4.78, 5) is 2.49. The predicted molar refractivity (Wildman–Crippen MR) is 60.3 cm³/mol. The van der Waals surface area contributed by atoms with E-state index in [2.05, 4.69) is 33.4 Å². The van der Waals surface area contributed by atoms with Gasteiger partial charge in [0.2, 0.25) is 0 Å². The predicted octanol–water partition coefficient (Wildman–Crippen LogP) is 4.89. The highest BCUT2D eigenvalue weighted by atomic mass is 79.9. The third-order valence-electron chi connectivity index (χ3n) is 1.41. The molecule has 4 heteroatoms. The molecule has 2 heterocycles. The first kappa shape index (κ1) is 8.75. The van der Waals surface area contributed by atoms with Crippen LogP contribution in [-0.2, 0) is 0 Å². The van der Waals surface area contributed by atoms with Gasteiger partial charge in [-0.2, -0.15) is 0 Å². The van der Waals surface area contributed by atoms with Gasteiger partial charge in [0.25, 0.3) is 0 Å². The van der Waals surface area contributed by atoms with E-state index < -0.39 is 0 Å². The van der Waals surface area contributed by atoms with Gasteiger partial charge in [0.05, 0.1) is 0 Å². The molecule has 0 nitrogen and oxygen atoms in total. The van der Waals surface area contributed by atoms with Crippen LogP contribution in [0, 0.1) is 0 Å². The minimum Gasteiger partial charge on any atom is -0.143 e. The van der Waals surface area contributed by atoms with Crippen LogP contribution in [0.5, 0.6) is 0 Å². The first-order valence-corrected chi connectivity index (χ1v) is 6.13. The summed E-state index contributed by atoms with van der Waals surface area (Å²) in [6, 6.07) is 6.19. The van der Waals surface area contributed by atoms with Gasteiger partial charge in [-0.25, -0.2) is 0 Å². The smallest absolute Gasteiger partial charge is 0.108 e. The Balaban J connectivity index is 2.48. The molecule has 2 rings (SSSR count). The van der Waals surface area contributed by atoms with Crippen molar-refractivity contribution in [2.45, 2.75) is 0 Å². The Morgan fingerprint density at radius 2 is 2.17 bits per heavy atom. The molecule has 0 aliphatic carbocycles. The standard InChI is InChI=1S/C8H4BrClS2/c9-5-4-7(12-8(5)10)6-2-1-3-11-6/h1-4H. The molecule has 0 N–H and O–H groups in total. The lowest BCUT2D eigenvalue weighted by Crippen LogP contribution is -1.56. The van der Waals surface area contributed by atoms with Crippen LogP contribution in [-0.4, -0.2) is 0 Å². The van der Waals surface area contributed by atoms with Gasteiger partial charge < -0.3 is 0 Å². The van der Waals surface area contributed by atoms with Gasteiger partial charge in [0.1, 0.15) is 4.34 Å². The summed E-state index contributed by atoms with van der Waals surface area (Å²) in [5.74, 6) is 0. The van der Waals surface area contributed by atoms with E-state index >= 15 is 0 Å². The van der Waals surface area contributed by atoms with Gasteiger partial charge in [-0.05, 0) is 33.4 Å². The van der Waals surface area contributed by atoms with Crippen LogP contribution < -0.4 is 0 Å². The van der Waals surface area contributed by atoms with Crippen molar-refractivity contribution in [1.82, 2.24) is 0 Å². The molecule has 2 aromatic heterocycles. The second-order valence-corrected chi connectivity index (χ2v) is 5.67. The van der Waals surface area contributed by atoms with Gasteiger partial charge in [-0.3, -0.25) is 0 Å². The number of halogens is 2. The van der Waals surface area contributed by atoms with Gasteiger partial charge in [0, 0.05) is 14.2 Å². The number of thiophene rings is 2. The topological polar surface area (TPSA) is 0 Å². The maximum absolute atomic E-state index is 5.92. The molecule has 0 saturated carbocycles. The van der Waals surface area contributed by atoms with Gasteiger partial charge in [-0.15, -0.1) is 22.7 Å². The Bertz CT molecular complexity index is 358. The molecule has 0 amide bonds. The molecular weight excluding hydrogens is 276 g/mol. The summed E-state index contributed by atoms with van der Waals surface area (Å²) in [5.41, 5.74) is 0. The monoisotopic (exact) mass is 278 g/mol. The van der Waals surface area contributed by atoms with E-state index in [-0.39, 0.29) is 0 Å². The zero-order valence-electron chi connectivity index (χ0n) is 5.88. The van der Waals surface area contributed by atoms with Crippen LogP contribution >= 0.6 is 50.2 Å². The maximum atomic E-state index is 5.92. The van der Waals surface area contributed by atoms with E-state index in [0.29, 0.717) is 0 Å². The third kappa shape index (κ3) is 1.59.